The average Bonchev–Trinajstić information content (AvgIpc) is 2.91. The number of rotatable bonds is 3. The van der Waals surface area contributed by atoms with E-state index in [0.29, 0.717) is 12.3 Å². The molecule has 0 bridgehead atoms. The highest BCUT2D eigenvalue weighted by molar-refractivity contribution is 5.88. The van der Waals surface area contributed by atoms with Crippen LogP contribution in [0, 0.1) is 5.92 Å². The van der Waals surface area contributed by atoms with Crippen LogP contribution in [0.1, 0.15) is 25.3 Å². The van der Waals surface area contributed by atoms with Gasteiger partial charge in [0.1, 0.15) is 0 Å². The van der Waals surface area contributed by atoms with Gasteiger partial charge in [0.2, 0.25) is 5.91 Å². The standard InChI is InChI=1S/C17H23N3O/c1-12(18)13-6-8-20(9-7-13)17(21)10-14-11-19-16-5-3-2-4-15(14)16/h2-5,11-13,19H,6-10,18H2,1H3. The van der Waals surface area contributed by atoms with Crippen molar-refractivity contribution < 1.29 is 4.79 Å². The quantitative estimate of drug-likeness (QED) is 0.909. The van der Waals surface area contributed by atoms with Crippen LogP contribution in [0.4, 0.5) is 0 Å². The number of fused-ring (bicyclic) bond motifs is 1. The molecule has 1 atom stereocenters. The number of aromatic nitrogens is 1. The van der Waals surface area contributed by atoms with Gasteiger partial charge < -0.3 is 15.6 Å². The second-order valence-electron chi connectivity index (χ2n) is 6.11. The number of benzene rings is 1. The van der Waals surface area contributed by atoms with Gasteiger partial charge in [-0.05, 0) is 37.3 Å². The van der Waals surface area contributed by atoms with E-state index in [4.69, 9.17) is 5.73 Å². The van der Waals surface area contributed by atoms with Gasteiger partial charge in [-0.15, -0.1) is 0 Å². The molecule has 1 fully saturated rings. The van der Waals surface area contributed by atoms with Gasteiger partial charge in [-0.3, -0.25) is 4.79 Å². The largest absolute Gasteiger partial charge is 0.361 e. The molecular formula is C17H23N3O. The lowest BCUT2D eigenvalue weighted by Crippen LogP contribution is -2.43. The highest BCUT2D eigenvalue weighted by atomic mass is 16.2. The molecule has 1 aromatic carbocycles. The third-order valence-electron chi connectivity index (χ3n) is 4.65. The Morgan fingerprint density at radius 3 is 2.81 bits per heavy atom. The first-order chi connectivity index (χ1) is 10.1. The van der Waals surface area contributed by atoms with Crippen LogP contribution in [-0.4, -0.2) is 34.9 Å². The van der Waals surface area contributed by atoms with Crippen LogP contribution in [0.25, 0.3) is 10.9 Å². The lowest BCUT2D eigenvalue weighted by molar-refractivity contribution is -0.131. The van der Waals surface area contributed by atoms with Gasteiger partial charge in [0.15, 0.2) is 0 Å². The van der Waals surface area contributed by atoms with E-state index in [1.807, 2.05) is 29.3 Å². The van der Waals surface area contributed by atoms with E-state index >= 15 is 0 Å². The highest BCUT2D eigenvalue weighted by Gasteiger charge is 2.25. The topological polar surface area (TPSA) is 62.1 Å². The molecule has 4 nitrogen and oxygen atoms in total. The fourth-order valence-electron chi connectivity index (χ4n) is 3.23. The first-order valence-electron chi connectivity index (χ1n) is 7.73. The average molecular weight is 285 g/mol. The molecule has 21 heavy (non-hydrogen) atoms. The van der Waals surface area contributed by atoms with Gasteiger partial charge in [-0.25, -0.2) is 0 Å². The number of nitrogens with zero attached hydrogens (tertiary/aromatic N) is 1. The van der Waals surface area contributed by atoms with Crippen molar-refractivity contribution in [2.45, 2.75) is 32.2 Å². The lowest BCUT2D eigenvalue weighted by Gasteiger charge is -2.33. The highest BCUT2D eigenvalue weighted by Crippen LogP contribution is 2.22. The Hall–Kier alpha value is -1.81. The second kappa shape index (κ2) is 5.90. The van der Waals surface area contributed by atoms with Crippen molar-refractivity contribution in [1.29, 1.82) is 0 Å². The molecule has 1 aromatic heterocycles. The summed E-state index contributed by atoms with van der Waals surface area (Å²) in [6.07, 6.45) is 4.48. The van der Waals surface area contributed by atoms with Crippen molar-refractivity contribution in [3.8, 4) is 0 Å². The van der Waals surface area contributed by atoms with E-state index < -0.39 is 0 Å². The van der Waals surface area contributed by atoms with Gasteiger partial charge in [0.25, 0.3) is 0 Å². The minimum Gasteiger partial charge on any atom is -0.361 e. The molecule has 1 aliphatic heterocycles. The molecule has 0 spiro atoms. The summed E-state index contributed by atoms with van der Waals surface area (Å²) in [6.45, 7) is 3.74. The third kappa shape index (κ3) is 2.95. The zero-order chi connectivity index (χ0) is 14.8. The summed E-state index contributed by atoms with van der Waals surface area (Å²) in [5, 5.41) is 1.15. The zero-order valence-corrected chi connectivity index (χ0v) is 12.5. The van der Waals surface area contributed by atoms with Crippen LogP contribution in [0.3, 0.4) is 0 Å². The summed E-state index contributed by atoms with van der Waals surface area (Å²) < 4.78 is 0. The van der Waals surface area contributed by atoms with Crippen molar-refractivity contribution in [3.63, 3.8) is 0 Å². The van der Waals surface area contributed by atoms with Crippen LogP contribution in [0.15, 0.2) is 30.5 Å². The van der Waals surface area contributed by atoms with E-state index in [9.17, 15) is 4.79 Å². The Labute approximate surface area is 125 Å². The molecule has 3 rings (SSSR count). The Kier molecular flexibility index (Phi) is 3.97. The molecular weight excluding hydrogens is 262 g/mol. The minimum atomic E-state index is 0.225. The molecule has 0 radical (unpaired) electrons. The number of nitrogens with one attached hydrogen (secondary N) is 1. The van der Waals surface area contributed by atoms with Gasteiger partial charge >= 0.3 is 0 Å². The van der Waals surface area contributed by atoms with E-state index in [1.165, 1.54) is 0 Å². The van der Waals surface area contributed by atoms with Crippen LogP contribution < -0.4 is 5.73 Å². The van der Waals surface area contributed by atoms with Crippen LogP contribution in [0.2, 0.25) is 0 Å². The van der Waals surface area contributed by atoms with Crippen molar-refractivity contribution in [1.82, 2.24) is 9.88 Å². The number of likely N-dealkylation sites (tertiary alicyclic amines) is 1. The van der Waals surface area contributed by atoms with Crippen molar-refractivity contribution in [3.05, 3.63) is 36.0 Å². The third-order valence-corrected chi connectivity index (χ3v) is 4.65. The number of para-hydroxylation sites is 1. The number of hydrogen-bond acceptors (Lipinski definition) is 2. The van der Waals surface area contributed by atoms with E-state index in [2.05, 4.69) is 18.0 Å². The molecule has 1 saturated heterocycles. The van der Waals surface area contributed by atoms with Crippen LogP contribution in [-0.2, 0) is 11.2 Å². The lowest BCUT2D eigenvalue weighted by atomic mass is 9.91. The maximum atomic E-state index is 12.5. The normalized spacial score (nSPS) is 18.1. The summed E-state index contributed by atoms with van der Waals surface area (Å²) in [7, 11) is 0. The minimum absolute atomic E-state index is 0.225. The Morgan fingerprint density at radius 2 is 2.10 bits per heavy atom. The van der Waals surface area contributed by atoms with Gasteiger partial charge in [-0.2, -0.15) is 0 Å². The predicted molar refractivity (Wildman–Crippen MR) is 85.0 cm³/mol. The first kappa shape index (κ1) is 14.1. The van der Waals surface area contributed by atoms with Gasteiger partial charge in [-0.1, -0.05) is 18.2 Å². The number of nitrogens with two attached hydrogens (primary N) is 1. The number of amides is 1. The first-order valence-corrected chi connectivity index (χ1v) is 7.73. The fraction of sp³-hybridized carbons (Fsp3) is 0.471. The second-order valence-corrected chi connectivity index (χ2v) is 6.11. The molecule has 1 amide bonds. The fourth-order valence-corrected chi connectivity index (χ4v) is 3.23. The summed E-state index contributed by atoms with van der Waals surface area (Å²) in [5.74, 6) is 0.782. The number of aromatic amines is 1. The zero-order valence-electron chi connectivity index (χ0n) is 12.5. The van der Waals surface area contributed by atoms with E-state index in [-0.39, 0.29) is 11.9 Å². The smallest absolute Gasteiger partial charge is 0.227 e. The number of piperidine rings is 1. The SMILES string of the molecule is CC(N)C1CCN(C(=O)Cc2c[nH]c3ccccc23)CC1. The van der Waals surface area contributed by atoms with Gasteiger partial charge in [0.05, 0.1) is 6.42 Å². The summed E-state index contributed by atoms with van der Waals surface area (Å²) in [6, 6.07) is 8.35. The molecule has 1 aliphatic rings. The molecule has 112 valence electrons. The maximum Gasteiger partial charge on any atom is 0.227 e. The number of carbonyl (C=O) groups excluding carboxylic acids is 1. The molecule has 3 N–H and O–H groups in total. The number of carbonyl (C=O) groups is 1. The maximum absolute atomic E-state index is 12.5. The van der Waals surface area contributed by atoms with Crippen molar-refractivity contribution in [2.24, 2.45) is 11.7 Å². The number of H-pyrrole nitrogens is 1. The molecule has 2 heterocycles. The molecule has 2 aromatic rings. The molecule has 0 aliphatic carbocycles. The van der Waals surface area contributed by atoms with Crippen LogP contribution >= 0.6 is 0 Å². The molecule has 1 unspecified atom stereocenters. The van der Waals surface area contributed by atoms with Crippen molar-refractivity contribution in [2.75, 3.05) is 13.1 Å². The Balaban J connectivity index is 1.65. The van der Waals surface area contributed by atoms with E-state index in [1.54, 1.807) is 0 Å². The van der Waals surface area contributed by atoms with Crippen LogP contribution in [0.5, 0.6) is 0 Å². The Morgan fingerprint density at radius 1 is 1.38 bits per heavy atom. The number of hydrogen-bond donors (Lipinski definition) is 2. The predicted octanol–water partition coefficient (Wildman–Crippen LogP) is 2.30. The summed E-state index contributed by atoms with van der Waals surface area (Å²) in [5.41, 5.74) is 8.13. The summed E-state index contributed by atoms with van der Waals surface area (Å²) in [4.78, 5) is 17.7. The Bertz CT molecular complexity index is 624. The van der Waals surface area contributed by atoms with Gasteiger partial charge in [0, 0.05) is 36.2 Å². The van der Waals surface area contributed by atoms with E-state index in [0.717, 1.165) is 42.4 Å². The monoisotopic (exact) mass is 285 g/mol. The van der Waals surface area contributed by atoms with Crippen molar-refractivity contribution >= 4 is 16.8 Å². The summed E-state index contributed by atoms with van der Waals surface area (Å²) >= 11 is 0. The molecule has 0 saturated carbocycles. The molecule has 4 heteroatoms.